The first kappa shape index (κ1) is 11.9. The lowest BCUT2D eigenvalue weighted by atomic mass is 10.1. The Balaban J connectivity index is 2.78. The van der Waals surface area contributed by atoms with Gasteiger partial charge in [-0.2, -0.15) is 4.31 Å². The quantitative estimate of drug-likeness (QED) is 0.717. The van der Waals surface area contributed by atoms with E-state index in [4.69, 9.17) is 5.73 Å². The van der Waals surface area contributed by atoms with Crippen LogP contribution in [-0.4, -0.2) is 36.1 Å². The number of nitrogens with two attached hydrogens (primary N) is 1. The average molecular weight is 236 g/mol. The van der Waals surface area contributed by atoms with Crippen LogP contribution in [-0.2, 0) is 10.0 Å². The number of hydrogen-bond donors (Lipinski definition) is 1. The van der Waals surface area contributed by atoms with Gasteiger partial charge in [-0.3, -0.25) is 0 Å². The lowest BCUT2D eigenvalue weighted by Crippen LogP contribution is -2.39. The van der Waals surface area contributed by atoms with E-state index in [1.54, 1.807) is 0 Å². The molecule has 82 valence electrons. The third-order valence-corrected chi connectivity index (χ3v) is 4.64. The molecule has 0 aromatic heterocycles. The van der Waals surface area contributed by atoms with Crippen molar-refractivity contribution in [2.45, 2.75) is 26.3 Å². The molecule has 0 bridgehead atoms. The van der Waals surface area contributed by atoms with Crippen LogP contribution in [0.2, 0.25) is 0 Å². The molecule has 0 radical (unpaired) electrons. The van der Waals surface area contributed by atoms with Gasteiger partial charge in [0.1, 0.15) is 5.75 Å². The molecule has 1 heterocycles. The zero-order valence-corrected chi connectivity index (χ0v) is 10.1. The molecular formula is C8H16N2O2S2. The van der Waals surface area contributed by atoms with Crippen LogP contribution in [0, 0.1) is 5.92 Å². The highest BCUT2D eigenvalue weighted by Gasteiger charge is 2.34. The van der Waals surface area contributed by atoms with Crippen LogP contribution in [0.15, 0.2) is 0 Å². The zero-order chi connectivity index (χ0) is 10.9. The van der Waals surface area contributed by atoms with Crippen molar-refractivity contribution in [3.8, 4) is 0 Å². The fourth-order valence-electron chi connectivity index (χ4n) is 1.91. The monoisotopic (exact) mass is 236 g/mol. The van der Waals surface area contributed by atoms with Crippen molar-refractivity contribution in [2.24, 2.45) is 11.7 Å². The SMILES string of the molecule is CC1CC(C)N(S(=O)(=O)CC(N)=S)C1. The molecule has 1 saturated heterocycles. The molecule has 1 fully saturated rings. The number of rotatable bonds is 3. The van der Waals surface area contributed by atoms with E-state index in [9.17, 15) is 8.42 Å². The minimum atomic E-state index is -3.27. The molecule has 0 aromatic rings. The molecule has 0 aromatic carbocycles. The molecule has 1 aliphatic heterocycles. The second-order valence-corrected chi connectivity index (χ2v) is 6.43. The van der Waals surface area contributed by atoms with Crippen molar-refractivity contribution in [2.75, 3.05) is 12.3 Å². The highest BCUT2D eigenvalue weighted by atomic mass is 32.2. The molecule has 2 unspecified atom stereocenters. The fourth-order valence-corrected chi connectivity index (χ4v) is 4.00. The highest BCUT2D eigenvalue weighted by molar-refractivity contribution is 7.92. The van der Waals surface area contributed by atoms with Gasteiger partial charge in [0, 0.05) is 12.6 Å². The number of sulfonamides is 1. The summed E-state index contributed by atoms with van der Waals surface area (Å²) in [4.78, 5) is 0.0387. The molecule has 1 aliphatic rings. The van der Waals surface area contributed by atoms with E-state index in [2.05, 4.69) is 12.2 Å². The van der Waals surface area contributed by atoms with Crippen LogP contribution >= 0.6 is 12.2 Å². The van der Waals surface area contributed by atoms with Gasteiger partial charge < -0.3 is 5.73 Å². The van der Waals surface area contributed by atoms with E-state index in [0.717, 1.165) is 6.42 Å². The van der Waals surface area contributed by atoms with Gasteiger partial charge >= 0.3 is 0 Å². The highest BCUT2D eigenvalue weighted by Crippen LogP contribution is 2.25. The first-order chi connectivity index (χ1) is 6.33. The molecule has 14 heavy (non-hydrogen) atoms. The Morgan fingerprint density at radius 3 is 2.50 bits per heavy atom. The molecule has 2 N–H and O–H groups in total. The maximum atomic E-state index is 11.8. The lowest BCUT2D eigenvalue weighted by Gasteiger charge is -2.20. The van der Waals surface area contributed by atoms with E-state index in [1.807, 2.05) is 13.8 Å². The smallest absolute Gasteiger partial charge is 0.220 e. The molecule has 0 amide bonds. The second kappa shape index (κ2) is 4.12. The standard InChI is InChI=1S/C8H16N2O2S2/c1-6-3-7(2)10(4-6)14(11,12)5-8(9)13/h6-7H,3-5H2,1-2H3,(H2,9,13). The van der Waals surface area contributed by atoms with Gasteiger partial charge in [-0.1, -0.05) is 19.1 Å². The van der Waals surface area contributed by atoms with E-state index in [1.165, 1.54) is 4.31 Å². The molecular weight excluding hydrogens is 220 g/mol. The van der Waals surface area contributed by atoms with Crippen LogP contribution in [0.4, 0.5) is 0 Å². The summed E-state index contributed by atoms with van der Waals surface area (Å²) in [6.07, 6.45) is 0.913. The Kier molecular flexibility index (Phi) is 3.49. The summed E-state index contributed by atoms with van der Waals surface area (Å²) in [5.41, 5.74) is 5.25. The summed E-state index contributed by atoms with van der Waals surface area (Å²) in [5.74, 6) is 0.213. The average Bonchev–Trinajstić information content (AvgIpc) is 2.27. The minimum Gasteiger partial charge on any atom is -0.392 e. The lowest BCUT2D eigenvalue weighted by molar-refractivity contribution is 0.408. The Hall–Kier alpha value is -0.200. The molecule has 2 atom stereocenters. The Labute approximate surface area is 90.5 Å². The van der Waals surface area contributed by atoms with Gasteiger partial charge in [-0.05, 0) is 19.3 Å². The maximum absolute atomic E-state index is 11.8. The Bertz CT molecular complexity index is 326. The van der Waals surface area contributed by atoms with Gasteiger partial charge in [-0.25, -0.2) is 8.42 Å². The third kappa shape index (κ3) is 2.65. The Morgan fingerprint density at radius 2 is 2.14 bits per heavy atom. The number of hydrogen-bond acceptors (Lipinski definition) is 3. The van der Waals surface area contributed by atoms with E-state index in [-0.39, 0.29) is 16.8 Å². The second-order valence-electron chi connectivity index (χ2n) is 3.98. The summed E-state index contributed by atoms with van der Waals surface area (Å²) >= 11 is 4.62. The third-order valence-electron chi connectivity index (χ3n) is 2.41. The van der Waals surface area contributed by atoms with Crippen LogP contribution in [0.5, 0.6) is 0 Å². The molecule has 1 rings (SSSR count). The van der Waals surface area contributed by atoms with Gasteiger partial charge in [0.05, 0.1) is 4.99 Å². The minimum absolute atomic E-state index is 0.0387. The maximum Gasteiger partial charge on any atom is 0.220 e. The molecule has 0 saturated carbocycles. The van der Waals surface area contributed by atoms with Crippen molar-refractivity contribution >= 4 is 27.2 Å². The fraction of sp³-hybridized carbons (Fsp3) is 0.875. The van der Waals surface area contributed by atoms with E-state index >= 15 is 0 Å². The van der Waals surface area contributed by atoms with Gasteiger partial charge in [0.25, 0.3) is 0 Å². The zero-order valence-electron chi connectivity index (χ0n) is 8.43. The summed E-state index contributed by atoms with van der Waals surface area (Å²) < 4.78 is 25.0. The van der Waals surface area contributed by atoms with Crippen LogP contribution in [0.25, 0.3) is 0 Å². The van der Waals surface area contributed by atoms with Crippen molar-refractivity contribution in [1.29, 1.82) is 0 Å². The Morgan fingerprint density at radius 1 is 1.57 bits per heavy atom. The van der Waals surface area contributed by atoms with Crippen LogP contribution in [0.3, 0.4) is 0 Å². The summed E-state index contributed by atoms with van der Waals surface area (Å²) in [7, 11) is -3.27. The predicted molar refractivity (Wildman–Crippen MR) is 60.5 cm³/mol. The van der Waals surface area contributed by atoms with Crippen molar-refractivity contribution in [3.63, 3.8) is 0 Å². The largest absolute Gasteiger partial charge is 0.392 e. The van der Waals surface area contributed by atoms with Gasteiger partial charge in [-0.15, -0.1) is 0 Å². The normalized spacial score (nSPS) is 29.3. The number of nitrogens with zero attached hydrogens (tertiary/aromatic N) is 1. The number of thiocarbonyl (C=S) groups is 1. The van der Waals surface area contributed by atoms with Crippen molar-refractivity contribution in [3.05, 3.63) is 0 Å². The molecule has 0 aliphatic carbocycles. The first-order valence-electron chi connectivity index (χ1n) is 4.60. The van der Waals surface area contributed by atoms with Crippen molar-refractivity contribution in [1.82, 2.24) is 4.31 Å². The van der Waals surface area contributed by atoms with E-state index in [0.29, 0.717) is 12.5 Å². The van der Waals surface area contributed by atoms with Gasteiger partial charge in [0.15, 0.2) is 0 Å². The summed E-state index contributed by atoms with van der Waals surface area (Å²) in [6.45, 7) is 4.56. The van der Waals surface area contributed by atoms with Crippen molar-refractivity contribution < 1.29 is 8.42 Å². The molecule has 6 heteroatoms. The topological polar surface area (TPSA) is 63.4 Å². The summed E-state index contributed by atoms with van der Waals surface area (Å²) in [5, 5.41) is 0. The molecule has 0 spiro atoms. The first-order valence-corrected chi connectivity index (χ1v) is 6.62. The predicted octanol–water partition coefficient (Wildman–Crippen LogP) is 0.333. The van der Waals surface area contributed by atoms with Crippen LogP contribution < -0.4 is 5.73 Å². The molecule has 4 nitrogen and oxygen atoms in total. The van der Waals surface area contributed by atoms with Gasteiger partial charge in [0.2, 0.25) is 10.0 Å². The summed E-state index contributed by atoms with van der Waals surface area (Å²) in [6, 6.07) is 0.0735. The van der Waals surface area contributed by atoms with Crippen LogP contribution in [0.1, 0.15) is 20.3 Å². The van der Waals surface area contributed by atoms with E-state index < -0.39 is 10.0 Å².